The fourth-order valence-corrected chi connectivity index (χ4v) is 2.75. The summed E-state index contributed by atoms with van der Waals surface area (Å²) in [6, 6.07) is 4.59. The number of aromatic amines is 1. The van der Waals surface area contributed by atoms with Gasteiger partial charge in [-0.3, -0.25) is 5.10 Å². The number of nitrogens with one attached hydrogen (secondary N) is 2. The minimum absolute atomic E-state index is 0.0287. The van der Waals surface area contributed by atoms with Gasteiger partial charge in [0.25, 0.3) is 0 Å². The van der Waals surface area contributed by atoms with Gasteiger partial charge in [-0.15, -0.1) is 5.10 Å². The summed E-state index contributed by atoms with van der Waals surface area (Å²) in [5.41, 5.74) is 1.27. The highest BCUT2D eigenvalue weighted by Crippen LogP contribution is 2.27. The van der Waals surface area contributed by atoms with E-state index in [2.05, 4.69) is 30.7 Å². The van der Waals surface area contributed by atoms with Gasteiger partial charge in [0.15, 0.2) is 5.82 Å². The molecule has 3 rings (SSSR count). The van der Waals surface area contributed by atoms with Crippen molar-refractivity contribution in [3.63, 3.8) is 0 Å². The number of carboxylic acids is 1. The standard InChI is InChI=1S/C16H18ClN7O3/c1-8(2)24(5-6-25)16-19-13(12-14(20-16)22-23-21-12)18-9-3-4-11(17)10(7-9)15(26)27/h3-4,7-8,25H,5-6H2,1-2H3,(H,26,27)(H2,18,19,20,21,22,23). The van der Waals surface area contributed by atoms with Crippen LogP contribution < -0.4 is 10.2 Å². The van der Waals surface area contributed by atoms with Gasteiger partial charge >= 0.3 is 5.97 Å². The zero-order valence-electron chi connectivity index (χ0n) is 14.6. The average Bonchev–Trinajstić information content (AvgIpc) is 3.09. The third-order valence-electron chi connectivity index (χ3n) is 3.87. The molecule has 142 valence electrons. The molecule has 27 heavy (non-hydrogen) atoms. The number of H-pyrrole nitrogens is 1. The molecule has 10 nitrogen and oxygen atoms in total. The van der Waals surface area contributed by atoms with Crippen LogP contribution in [0, 0.1) is 0 Å². The van der Waals surface area contributed by atoms with Crippen molar-refractivity contribution in [2.24, 2.45) is 0 Å². The van der Waals surface area contributed by atoms with Crippen molar-refractivity contribution in [1.82, 2.24) is 25.4 Å². The second kappa shape index (κ2) is 7.72. The van der Waals surface area contributed by atoms with Crippen LogP contribution in [-0.4, -0.2) is 60.8 Å². The van der Waals surface area contributed by atoms with Crippen molar-refractivity contribution in [3.05, 3.63) is 28.8 Å². The van der Waals surface area contributed by atoms with E-state index in [0.29, 0.717) is 35.2 Å². The Morgan fingerprint density at radius 3 is 2.81 bits per heavy atom. The average molecular weight is 392 g/mol. The molecular weight excluding hydrogens is 374 g/mol. The molecule has 1 aromatic carbocycles. The van der Waals surface area contributed by atoms with Crippen molar-refractivity contribution in [1.29, 1.82) is 0 Å². The number of aromatic nitrogens is 5. The van der Waals surface area contributed by atoms with Gasteiger partial charge in [-0.1, -0.05) is 16.8 Å². The highest BCUT2D eigenvalue weighted by atomic mass is 35.5. The Labute approximate surface area is 159 Å². The predicted octanol–water partition coefficient (Wildman–Crippen LogP) is 2.05. The molecule has 0 spiro atoms. The highest BCUT2D eigenvalue weighted by molar-refractivity contribution is 6.33. The predicted molar refractivity (Wildman–Crippen MR) is 101 cm³/mol. The van der Waals surface area contributed by atoms with Crippen molar-refractivity contribution in [2.75, 3.05) is 23.4 Å². The van der Waals surface area contributed by atoms with Gasteiger partial charge < -0.3 is 20.4 Å². The van der Waals surface area contributed by atoms with Crippen molar-refractivity contribution < 1.29 is 15.0 Å². The summed E-state index contributed by atoms with van der Waals surface area (Å²) in [6.07, 6.45) is 0. The molecule has 0 radical (unpaired) electrons. The molecule has 0 amide bonds. The number of aliphatic hydroxyl groups excluding tert-OH is 1. The lowest BCUT2D eigenvalue weighted by atomic mass is 10.2. The Bertz CT molecular complexity index is 976. The smallest absolute Gasteiger partial charge is 0.337 e. The summed E-state index contributed by atoms with van der Waals surface area (Å²) in [5, 5.41) is 32.2. The lowest BCUT2D eigenvalue weighted by Crippen LogP contribution is -2.35. The van der Waals surface area contributed by atoms with E-state index in [4.69, 9.17) is 11.6 Å². The Balaban J connectivity index is 2.05. The minimum Gasteiger partial charge on any atom is -0.478 e. The van der Waals surface area contributed by atoms with Crippen LogP contribution in [0.4, 0.5) is 17.5 Å². The van der Waals surface area contributed by atoms with E-state index in [1.54, 1.807) is 6.07 Å². The number of rotatable bonds is 7. The number of hydrogen-bond donors (Lipinski definition) is 4. The van der Waals surface area contributed by atoms with E-state index in [1.807, 2.05) is 18.7 Å². The quantitative estimate of drug-likeness (QED) is 0.476. The van der Waals surface area contributed by atoms with E-state index in [-0.39, 0.29) is 23.2 Å². The Morgan fingerprint density at radius 1 is 1.37 bits per heavy atom. The zero-order valence-corrected chi connectivity index (χ0v) is 15.4. The van der Waals surface area contributed by atoms with Gasteiger partial charge in [-0.2, -0.15) is 9.97 Å². The molecule has 0 aliphatic carbocycles. The Hall–Kier alpha value is -2.98. The number of benzene rings is 1. The first-order chi connectivity index (χ1) is 12.9. The van der Waals surface area contributed by atoms with E-state index in [0.717, 1.165) is 0 Å². The number of hydrogen-bond acceptors (Lipinski definition) is 8. The van der Waals surface area contributed by atoms with E-state index >= 15 is 0 Å². The number of nitrogens with zero attached hydrogens (tertiary/aromatic N) is 5. The fourth-order valence-electron chi connectivity index (χ4n) is 2.55. The van der Waals surface area contributed by atoms with Crippen LogP contribution in [0.3, 0.4) is 0 Å². The zero-order chi connectivity index (χ0) is 19.6. The topological polar surface area (TPSA) is 140 Å². The molecule has 11 heteroatoms. The summed E-state index contributed by atoms with van der Waals surface area (Å²) in [6.45, 7) is 4.21. The van der Waals surface area contributed by atoms with Crippen LogP contribution in [0.1, 0.15) is 24.2 Å². The fraction of sp³-hybridized carbons (Fsp3) is 0.312. The molecule has 0 unspecified atom stereocenters. The van der Waals surface area contributed by atoms with Gasteiger partial charge in [0, 0.05) is 18.3 Å². The number of carboxylic acid groups (broad SMARTS) is 1. The summed E-state index contributed by atoms with van der Waals surface area (Å²) >= 11 is 5.92. The molecule has 0 fully saturated rings. The van der Waals surface area contributed by atoms with E-state index in [9.17, 15) is 15.0 Å². The molecule has 2 heterocycles. The molecular formula is C16H18ClN7O3. The molecule has 4 N–H and O–H groups in total. The lowest BCUT2D eigenvalue weighted by molar-refractivity contribution is 0.0697. The van der Waals surface area contributed by atoms with Crippen LogP contribution in [0.25, 0.3) is 11.2 Å². The normalized spacial score (nSPS) is 11.1. The molecule has 3 aromatic rings. The molecule has 0 aliphatic rings. The maximum atomic E-state index is 11.3. The summed E-state index contributed by atoms with van der Waals surface area (Å²) in [4.78, 5) is 22.0. The second-order valence-corrected chi connectivity index (χ2v) is 6.43. The molecule has 0 saturated carbocycles. The van der Waals surface area contributed by atoms with Crippen LogP contribution in [0.5, 0.6) is 0 Å². The monoisotopic (exact) mass is 391 g/mol. The number of halogens is 1. The molecule has 0 saturated heterocycles. The first-order valence-electron chi connectivity index (χ1n) is 8.17. The SMILES string of the molecule is CC(C)N(CCO)c1nc(Nc2ccc(Cl)c(C(=O)O)c2)c2[nH]nnc2n1. The molecule has 0 atom stereocenters. The summed E-state index contributed by atoms with van der Waals surface area (Å²) in [7, 11) is 0. The van der Waals surface area contributed by atoms with Gasteiger partial charge in [-0.05, 0) is 32.0 Å². The van der Waals surface area contributed by atoms with Gasteiger partial charge in [0.2, 0.25) is 11.6 Å². The number of carbonyl (C=O) groups is 1. The van der Waals surface area contributed by atoms with Gasteiger partial charge in [-0.25, -0.2) is 4.79 Å². The number of aliphatic hydroxyl groups is 1. The van der Waals surface area contributed by atoms with Crippen molar-refractivity contribution >= 4 is 46.2 Å². The minimum atomic E-state index is -1.13. The molecule has 0 bridgehead atoms. The highest BCUT2D eigenvalue weighted by Gasteiger charge is 2.18. The number of aromatic carboxylic acids is 1. The first-order valence-corrected chi connectivity index (χ1v) is 8.54. The van der Waals surface area contributed by atoms with E-state index < -0.39 is 5.97 Å². The number of fused-ring (bicyclic) bond motifs is 1. The lowest BCUT2D eigenvalue weighted by Gasteiger charge is -2.26. The first kappa shape index (κ1) is 18.8. The largest absolute Gasteiger partial charge is 0.478 e. The maximum absolute atomic E-state index is 11.3. The third kappa shape index (κ3) is 3.91. The van der Waals surface area contributed by atoms with E-state index in [1.165, 1.54) is 12.1 Å². The van der Waals surface area contributed by atoms with Crippen molar-refractivity contribution in [3.8, 4) is 0 Å². The molecule has 2 aromatic heterocycles. The van der Waals surface area contributed by atoms with Crippen LogP contribution in [-0.2, 0) is 0 Å². The second-order valence-electron chi connectivity index (χ2n) is 6.02. The van der Waals surface area contributed by atoms with Crippen LogP contribution in [0.2, 0.25) is 5.02 Å². The van der Waals surface area contributed by atoms with Crippen LogP contribution in [0.15, 0.2) is 18.2 Å². The van der Waals surface area contributed by atoms with Gasteiger partial charge in [0.05, 0.1) is 17.2 Å². The Kier molecular flexibility index (Phi) is 5.38. The van der Waals surface area contributed by atoms with Crippen molar-refractivity contribution in [2.45, 2.75) is 19.9 Å². The van der Waals surface area contributed by atoms with Gasteiger partial charge in [0.1, 0.15) is 5.52 Å². The number of anilines is 3. The third-order valence-corrected chi connectivity index (χ3v) is 4.19. The Morgan fingerprint density at radius 2 is 2.15 bits per heavy atom. The summed E-state index contributed by atoms with van der Waals surface area (Å²) in [5.74, 6) is -0.382. The maximum Gasteiger partial charge on any atom is 0.337 e. The molecule has 0 aliphatic heterocycles. The van der Waals surface area contributed by atoms with Crippen LogP contribution >= 0.6 is 11.6 Å². The summed E-state index contributed by atoms with van der Waals surface area (Å²) < 4.78 is 0.